The molecule has 1 aromatic rings. The molecule has 0 amide bonds. The largest absolute Gasteiger partial charge is 0.365 e. The van der Waals surface area contributed by atoms with Gasteiger partial charge in [-0.15, -0.1) is 0 Å². The van der Waals surface area contributed by atoms with Gasteiger partial charge in [0.25, 0.3) is 0 Å². The quantitative estimate of drug-likeness (QED) is 0.895. The number of hydrogen-bond donors (Lipinski definition) is 1. The molecular weight excluding hydrogens is 300 g/mol. The van der Waals surface area contributed by atoms with Crippen LogP contribution < -0.4 is 10.2 Å². The van der Waals surface area contributed by atoms with E-state index in [0.29, 0.717) is 12.1 Å². The highest BCUT2D eigenvalue weighted by atomic mass is 79.9. The van der Waals surface area contributed by atoms with Crippen molar-refractivity contribution in [3.63, 3.8) is 0 Å². The SMILES string of the molecule is CCC1CNC(C)CN1c1cc(Cl)ccc1Br. The van der Waals surface area contributed by atoms with E-state index in [1.54, 1.807) is 0 Å². The molecule has 0 bridgehead atoms. The lowest BCUT2D eigenvalue weighted by atomic mass is 10.1. The standard InChI is InChI=1S/C13H18BrClN2/c1-3-11-7-16-9(2)8-17(11)13-6-10(15)4-5-12(13)14/h4-6,9,11,16H,3,7-8H2,1-2H3. The third kappa shape index (κ3) is 2.95. The number of piperazine rings is 1. The molecule has 4 heteroatoms. The van der Waals surface area contributed by atoms with Gasteiger partial charge in [-0.2, -0.15) is 0 Å². The highest BCUT2D eigenvalue weighted by Crippen LogP contribution is 2.32. The van der Waals surface area contributed by atoms with Crippen molar-refractivity contribution in [1.82, 2.24) is 5.32 Å². The summed E-state index contributed by atoms with van der Waals surface area (Å²) in [5.74, 6) is 0. The van der Waals surface area contributed by atoms with Crippen molar-refractivity contribution < 1.29 is 0 Å². The summed E-state index contributed by atoms with van der Waals surface area (Å²) < 4.78 is 1.12. The first-order valence-electron chi connectivity index (χ1n) is 6.07. The summed E-state index contributed by atoms with van der Waals surface area (Å²) in [4.78, 5) is 2.46. The van der Waals surface area contributed by atoms with Gasteiger partial charge >= 0.3 is 0 Å². The summed E-state index contributed by atoms with van der Waals surface area (Å²) in [6.07, 6.45) is 1.14. The number of anilines is 1. The average Bonchev–Trinajstić information content (AvgIpc) is 2.32. The molecule has 2 nitrogen and oxygen atoms in total. The van der Waals surface area contributed by atoms with E-state index in [9.17, 15) is 0 Å². The summed E-state index contributed by atoms with van der Waals surface area (Å²) in [5, 5.41) is 4.32. The Morgan fingerprint density at radius 3 is 3.00 bits per heavy atom. The molecule has 1 aromatic carbocycles. The number of nitrogens with zero attached hydrogens (tertiary/aromatic N) is 1. The molecule has 1 heterocycles. The molecule has 1 fully saturated rings. The summed E-state index contributed by atoms with van der Waals surface area (Å²) in [6, 6.07) is 7.05. The predicted octanol–water partition coefficient (Wildman–Crippen LogP) is 3.68. The van der Waals surface area contributed by atoms with Gasteiger partial charge < -0.3 is 10.2 Å². The van der Waals surface area contributed by atoms with Crippen LogP contribution in [0.15, 0.2) is 22.7 Å². The third-order valence-corrected chi connectivity index (χ3v) is 4.21. The van der Waals surface area contributed by atoms with Crippen LogP contribution in [0.5, 0.6) is 0 Å². The van der Waals surface area contributed by atoms with Crippen molar-refractivity contribution in [2.24, 2.45) is 0 Å². The lowest BCUT2D eigenvalue weighted by Crippen LogP contribution is -2.55. The zero-order chi connectivity index (χ0) is 12.4. The minimum Gasteiger partial charge on any atom is -0.365 e. The van der Waals surface area contributed by atoms with Crippen molar-refractivity contribution in [1.29, 1.82) is 0 Å². The molecule has 2 unspecified atom stereocenters. The number of hydrogen-bond acceptors (Lipinski definition) is 2. The van der Waals surface area contributed by atoms with E-state index in [1.165, 1.54) is 5.69 Å². The van der Waals surface area contributed by atoms with Crippen LogP contribution in [0.4, 0.5) is 5.69 Å². The molecule has 0 radical (unpaired) electrons. The molecular formula is C13H18BrClN2. The molecule has 17 heavy (non-hydrogen) atoms. The van der Waals surface area contributed by atoms with E-state index in [4.69, 9.17) is 11.6 Å². The Hall–Kier alpha value is -0.250. The first kappa shape index (κ1) is 13.2. The van der Waals surface area contributed by atoms with Crippen LogP contribution in [-0.4, -0.2) is 25.2 Å². The second kappa shape index (κ2) is 5.59. The highest BCUT2D eigenvalue weighted by Gasteiger charge is 2.25. The minimum absolute atomic E-state index is 0.517. The molecule has 0 spiro atoms. The molecule has 2 rings (SSSR count). The van der Waals surface area contributed by atoms with Crippen molar-refractivity contribution in [2.45, 2.75) is 32.4 Å². The zero-order valence-electron chi connectivity index (χ0n) is 10.2. The maximum Gasteiger partial charge on any atom is 0.0529 e. The summed E-state index contributed by atoms with van der Waals surface area (Å²) in [7, 11) is 0. The number of benzene rings is 1. The van der Waals surface area contributed by atoms with Crippen LogP contribution in [0.3, 0.4) is 0 Å². The number of halogens is 2. The molecule has 2 atom stereocenters. The van der Waals surface area contributed by atoms with Crippen LogP contribution in [0.25, 0.3) is 0 Å². The van der Waals surface area contributed by atoms with Gasteiger partial charge in [0.15, 0.2) is 0 Å². The molecule has 1 aliphatic rings. The van der Waals surface area contributed by atoms with Gasteiger partial charge in [0.2, 0.25) is 0 Å². The van der Waals surface area contributed by atoms with Gasteiger partial charge in [-0.3, -0.25) is 0 Å². The first-order chi connectivity index (χ1) is 8.11. The normalized spacial score (nSPS) is 25.1. The Labute approximate surface area is 116 Å². The van der Waals surface area contributed by atoms with E-state index in [0.717, 1.165) is 29.0 Å². The molecule has 1 aliphatic heterocycles. The predicted molar refractivity (Wildman–Crippen MR) is 78.0 cm³/mol. The van der Waals surface area contributed by atoms with Gasteiger partial charge in [0.1, 0.15) is 0 Å². The molecule has 0 saturated carbocycles. The van der Waals surface area contributed by atoms with Gasteiger partial charge in [-0.25, -0.2) is 0 Å². The number of nitrogens with one attached hydrogen (secondary N) is 1. The number of rotatable bonds is 2. The van der Waals surface area contributed by atoms with Crippen LogP contribution in [0.2, 0.25) is 5.02 Å². The van der Waals surface area contributed by atoms with Gasteiger partial charge in [0, 0.05) is 34.7 Å². The Kier molecular flexibility index (Phi) is 4.34. The first-order valence-corrected chi connectivity index (χ1v) is 7.24. The molecule has 1 saturated heterocycles. The fourth-order valence-electron chi connectivity index (χ4n) is 2.32. The van der Waals surface area contributed by atoms with E-state index < -0.39 is 0 Å². The summed E-state index contributed by atoms with van der Waals surface area (Å²) >= 11 is 9.72. The second-order valence-corrected chi connectivity index (χ2v) is 5.91. The van der Waals surface area contributed by atoms with E-state index in [-0.39, 0.29) is 0 Å². The monoisotopic (exact) mass is 316 g/mol. The zero-order valence-corrected chi connectivity index (χ0v) is 12.6. The van der Waals surface area contributed by atoms with Gasteiger partial charge in [-0.05, 0) is 47.5 Å². The molecule has 1 N–H and O–H groups in total. The summed E-state index contributed by atoms with van der Waals surface area (Å²) in [5.41, 5.74) is 1.21. The Bertz CT molecular complexity index is 397. The maximum atomic E-state index is 6.10. The Balaban J connectivity index is 2.31. The van der Waals surface area contributed by atoms with Crippen molar-refractivity contribution >= 4 is 33.2 Å². The van der Waals surface area contributed by atoms with Gasteiger partial charge in [0.05, 0.1) is 5.69 Å². The topological polar surface area (TPSA) is 15.3 Å². The van der Waals surface area contributed by atoms with E-state index in [1.807, 2.05) is 18.2 Å². The fourth-order valence-corrected chi connectivity index (χ4v) is 2.96. The minimum atomic E-state index is 0.517. The second-order valence-electron chi connectivity index (χ2n) is 4.62. The van der Waals surface area contributed by atoms with Crippen LogP contribution in [0, 0.1) is 0 Å². The highest BCUT2D eigenvalue weighted by molar-refractivity contribution is 9.10. The molecule has 0 aromatic heterocycles. The lowest BCUT2D eigenvalue weighted by molar-refractivity contribution is 0.402. The summed E-state index contributed by atoms with van der Waals surface area (Å²) in [6.45, 7) is 6.51. The van der Waals surface area contributed by atoms with Gasteiger partial charge in [-0.1, -0.05) is 18.5 Å². The van der Waals surface area contributed by atoms with Crippen LogP contribution in [-0.2, 0) is 0 Å². The fraction of sp³-hybridized carbons (Fsp3) is 0.538. The van der Waals surface area contributed by atoms with Crippen molar-refractivity contribution in [2.75, 3.05) is 18.0 Å². The average molecular weight is 318 g/mol. The van der Waals surface area contributed by atoms with E-state index in [2.05, 4.69) is 40.0 Å². The van der Waals surface area contributed by atoms with E-state index >= 15 is 0 Å². The maximum absolute atomic E-state index is 6.10. The molecule has 94 valence electrons. The van der Waals surface area contributed by atoms with Crippen LogP contribution >= 0.6 is 27.5 Å². The smallest absolute Gasteiger partial charge is 0.0529 e. The van der Waals surface area contributed by atoms with Crippen molar-refractivity contribution in [3.8, 4) is 0 Å². The molecule has 0 aliphatic carbocycles. The Morgan fingerprint density at radius 2 is 2.29 bits per heavy atom. The van der Waals surface area contributed by atoms with Crippen LogP contribution in [0.1, 0.15) is 20.3 Å². The third-order valence-electron chi connectivity index (χ3n) is 3.30. The lowest BCUT2D eigenvalue weighted by Gasteiger charge is -2.41. The van der Waals surface area contributed by atoms with Crippen molar-refractivity contribution in [3.05, 3.63) is 27.7 Å². The Morgan fingerprint density at radius 1 is 1.53 bits per heavy atom.